The van der Waals surface area contributed by atoms with Gasteiger partial charge >= 0.3 is 0 Å². The van der Waals surface area contributed by atoms with E-state index < -0.39 is 11.6 Å². The van der Waals surface area contributed by atoms with E-state index in [1.165, 1.54) is 0 Å². The molecule has 0 aliphatic carbocycles. The van der Waals surface area contributed by atoms with Crippen molar-refractivity contribution in [3.8, 4) is 0 Å². The van der Waals surface area contributed by atoms with Crippen molar-refractivity contribution in [1.82, 2.24) is 16.0 Å². The Balaban J connectivity index is 6.10. The molecule has 0 unspecified atom stereocenters. The van der Waals surface area contributed by atoms with Crippen molar-refractivity contribution < 1.29 is 14.4 Å². The van der Waals surface area contributed by atoms with Gasteiger partial charge in [-0.2, -0.15) is 11.8 Å². The van der Waals surface area contributed by atoms with Crippen molar-refractivity contribution in [2.45, 2.75) is 125 Å². The number of ketones is 3. The van der Waals surface area contributed by atoms with Gasteiger partial charge in [-0.25, -0.2) is 0 Å². The Morgan fingerprint density at radius 2 is 1.09 bits per heavy atom. The van der Waals surface area contributed by atoms with Crippen LogP contribution in [-0.2, 0) is 14.4 Å². The molecule has 3 atom stereocenters. The zero-order chi connectivity index (χ0) is 26.8. The summed E-state index contributed by atoms with van der Waals surface area (Å²) in [7, 11) is 0. The maximum atomic E-state index is 13.7. The second-order valence-electron chi connectivity index (χ2n) is 11.5. The highest BCUT2D eigenvalue weighted by atomic mass is 32.2. The molecule has 0 aromatic rings. The maximum absolute atomic E-state index is 13.7. The Morgan fingerprint density at radius 1 is 0.647 bits per heavy atom. The molecular weight excluding hydrogens is 446 g/mol. The lowest BCUT2D eigenvalue weighted by atomic mass is 9.80. The molecular formula is C27H53N3O3S. The van der Waals surface area contributed by atoms with Gasteiger partial charge in [0.1, 0.15) is 0 Å². The molecule has 0 heterocycles. The van der Waals surface area contributed by atoms with Gasteiger partial charge in [0, 0.05) is 47.4 Å². The first-order valence-corrected chi connectivity index (χ1v) is 14.2. The van der Waals surface area contributed by atoms with Crippen LogP contribution in [0.15, 0.2) is 0 Å². The van der Waals surface area contributed by atoms with Crippen LogP contribution in [0.1, 0.15) is 89.5 Å². The highest BCUT2D eigenvalue weighted by molar-refractivity contribution is 7.99. The zero-order valence-corrected chi connectivity index (χ0v) is 24.7. The van der Waals surface area contributed by atoms with Crippen LogP contribution in [0.4, 0.5) is 0 Å². The molecule has 200 valence electrons. The van der Waals surface area contributed by atoms with Crippen molar-refractivity contribution in [2.24, 2.45) is 17.8 Å². The van der Waals surface area contributed by atoms with Crippen molar-refractivity contribution in [2.75, 3.05) is 11.5 Å². The Hall–Kier alpha value is -0.760. The Morgan fingerprint density at radius 3 is 1.47 bits per heavy atom. The average molecular weight is 500 g/mol. The lowest BCUT2D eigenvalue weighted by molar-refractivity contribution is -0.130. The number of nitrogens with one attached hydrogen (secondary N) is 3. The third-order valence-electron chi connectivity index (χ3n) is 5.64. The van der Waals surface area contributed by atoms with Gasteiger partial charge in [0.25, 0.3) is 0 Å². The average Bonchev–Trinajstić information content (AvgIpc) is 2.69. The predicted molar refractivity (Wildman–Crippen MR) is 147 cm³/mol. The SMILES string of the molecule is CC(C)N[C@@H](CSC[C@@](C[C@H](NC(C)C)C(=O)C(C)C)(NC(C)C)C(=O)C(C)C)C(=O)C(C)C. The Labute approximate surface area is 213 Å². The summed E-state index contributed by atoms with van der Waals surface area (Å²) in [6, 6.07) is -0.310. The zero-order valence-electron chi connectivity index (χ0n) is 23.9. The molecule has 0 bridgehead atoms. The van der Waals surface area contributed by atoms with E-state index in [1.54, 1.807) is 11.8 Å². The van der Waals surface area contributed by atoms with E-state index in [9.17, 15) is 14.4 Å². The van der Waals surface area contributed by atoms with Crippen molar-refractivity contribution in [3.63, 3.8) is 0 Å². The maximum Gasteiger partial charge on any atom is 0.156 e. The van der Waals surface area contributed by atoms with Gasteiger partial charge in [-0.3, -0.25) is 14.4 Å². The van der Waals surface area contributed by atoms with Gasteiger partial charge in [-0.05, 0) is 20.3 Å². The van der Waals surface area contributed by atoms with E-state index >= 15 is 0 Å². The second kappa shape index (κ2) is 15.4. The molecule has 0 saturated heterocycles. The first kappa shape index (κ1) is 33.2. The first-order valence-electron chi connectivity index (χ1n) is 13.0. The molecule has 6 nitrogen and oxygen atoms in total. The van der Waals surface area contributed by atoms with E-state index in [2.05, 4.69) is 16.0 Å². The van der Waals surface area contributed by atoms with Crippen LogP contribution >= 0.6 is 11.8 Å². The molecule has 0 rings (SSSR count). The summed E-state index contributed by atoms with van der Waals surface area (Å²) in [5, 5.41) is 10.4. The van der Waals surface area contributed by atoms with Crippen LogP contribution in [0.5, 0.6) is 0 Å². The van der Waals surface area contributed by atoms with Crippen LogP contribution in [0.25, 0.3) is 0 Å². The van der Waals surface area contributed by atoms with E-state index in [1.807, 2.05) is 83.1 Å². The van der Waals surface area contributed by atoms with Gasteiger partial charge in [-0.15, -0.1) is 0 Å². The molecule has 7 heteroatoms. The van der Waals surface area contributed by atoms with Crippen molar-refractivity contribution in [3.05, 3.63) is 0 Å². The molecule has 0 amide bonds. The number of carbonyl (C=O) groups is 3. The van der Waals surface area contributed by atoms with Gasteiger partial charge in [0.2, 0.25) is 0 Å². The number of hydrogen-bond donors (Lipinski definition) is 3. The van der Waals surface area contributed by atoms with Crippen LogP contribution < -0.4 is 16.0 Å². The Kier molecular flexibility index (Phi) is 15.0. The van der Waals surface area contributed by atoms with Gasteiger partial charge < -0.3 is 16.0 Å². The molecule has 0 aromatic carbocycles. The predicted octanol–water partition coefficient (Wildman–Crippen LogP) is 4.26. The summed E-state index contributed by atoms with van der Waals surface area (Å²) >= 11 is 1.62. The summed E-state index contributed by atoms with van der Waals surface area (Å²) in [5.41, 5.74) is -0.868. The lowest BCUT2D eigenvalue weighted by Crippen LogP contribution is -2.62. The van der Waals surface area contributed by atoms with Crippen LogP contribution in [0, 0.1) is 17.8 Å². The summed E-state index contributed by atoms with van der Waals surface area (Å²) in [5.74, 6) is 1.15. The van der Waals surface area contributed by atoms with Crippen LogP contribution in [0.3, 0.4) is 0 Å². The van der Waals surface area contributed by atoms with Crippen molar-refractivity contribution >= 4 is 29.1 Å². The normalized spacial score (nSPS) is 16.1. The first-order chi connectivity index (χ1) is 15.5. The number of carbonyl (C=O) groups excluding carboxylic acids is 3. The molecule has 0 saturated carbocycles. The molecule has 0 aliphatic heterocycles. The highest BCUT2D eigenvalue weighted by Gasteiger charge is 2.43. The standard InChI is InChI=1S/C27H53N3O3S/c1-16(2)24(31)22(28-19(7)8)13-27(30-21(11)12,26(33)18(5)6)15-34-14-23(29-20(9)10)25(32)17(3)4/h16-23,28-30H,13-15H2,1-12H3/t22-,23-,27+/m0/s1. The largest absolute Gasteiger partial charge is 0.305 e. The minimum atomic E-state index is -0.868. The summed E-state index contributed by atoms with van der Waals surface area (Å²) in [6.07, 6.45) is 0.394. The molecule has 34 heavy (non-hydrogen) atoms. The fraction of sp³-hybridized carbons (Fsp3) is 0.889. The highest BCUT2D eigenvalue weighted by Crippen LogP contribution is 2.27. The van der Waals surface area contributed by atoms with E-state index in [0.29, 0.717) is 17.9 Å². The smallest absolute Gasteiger partial charge is 0.156 e. The molecule has 0 aliphatic rings. The third kappa shape index (κ3) is 11.3. The fourth-order valence-electron chi connectivity index (χ4n) is 4.27. The molecule has 0 aromatic heterocycles. The van der Waals surface area contributed by atoms with Crippen molar-refractivity contribution in [1.29, 1.82) is 0 Å². The minimum absolute atomic E-state index is 0.0593. The van der Waals surface area contributed by atoms with E-state index in [-0.39, 0.29) is 59.3 Å². The minimum Gasteiger partial charge on any atom is -0.305 e. The summed E-state index contributed by atoms with van der Waals surface area (Å²) < 4.78 is 0. The summed E-state index contributed by atoms with van der Waals surface area (Å²) in [6.45, 7) is 23.7. The molecule has 0 spiro atoms. The molecule has 0 radical (unpaired) electrons. The third-order valence-corrected chi connectivity index (χ3v) is 6.91. The van der Waals surface area contributed by atoms with E-state index in [4.69, 9.17) is 0 Å². The number of thioether (sulfide) groups is 1. The quantitative estimate of drug-likeness (QED) is 0.260. The number of Topliss-reactive ketones (excluding diaryl/α,β-unsaturated/α-hetero) is 3. The van der Waals surface area contributed by atoms with Gasteiger partial charge in [0.15, 0.2) is 17.3 Å². The van der Waals surface area contributed by atoms with Crippen LogP contribution in [-0.4, -0.2) is 64.6 Å². The van der Waals surface area contributed by atoms with E-state index in [0.717, 1.165) is 0 Å². The second-order valence-corrected chi connectivity index (χ2v) is 12.5. The van der Waals surface area contributed by atoms with Crippen LogP contribution in [0.2, 0.25) is 0 Å². The topological polar surface area (TPSA) is 87.3 Å². The molecule has 3 N–H and O–H groups in total. The lowest BCUT2D eigenvalue weighted by Gasteiger charge is -2.40. The monoisotopic (exact) mass is 499 g/mol. The summed E-state index contributed by atoms with van der Waals surface area (Å²) in [4.78, 5) is 39.7. The number of hydrogen-bond acceptors (Lipinski definition) is 7. The number of rotatable bonds is 18. The van der Waals surface area contributed by atoms with Gasteiger partial charge in [0.05, 0.1) is 17.6 Å². The fourth-order valence-corrected chi connectivity index (χ4v) is 5.58. The molecule has 0 fully saturated rings. The Bertz CT molecular complexity index is 647. The van der Waals surface area contributed by atoms with Gasteiger partial charge in [-0.1, -0.05) is 69.2 Å².